The Morgan fingerprint density at radius 2 is 1.95 bits per heavy atom. The van der Waals surface area contributed by atoms with Gasteiger partial charge in [-0.1, -0.05) is 13.8 Å². The molecule has 1 rings (SSSR count). The van der Waals surface area contributed by atoms with Crippen LogP contribution in [0.3, 0.4) is 0 Å². The topological polar surface area (TPSA) is 40.6 Å². The third-order valence-corrected chi connectivity index (χ3v) is 3.95. The predicted octanol–water partition coefficient (Wildman–Crippen LogP) is 2.43. The molecule has 0 aliphatic carbocycles. The summed E-state index contributed by atoms with van der Waals surface area (Å²) in [6.07, 6.45) is 5.93. The molecule has 1 aliphatic rings. The summed E-state index contributed by atoms with van der Waals surface area (Å²) in [5, 5.41) is 0. The minimum Gasteiger partial charge on any atom is -0.342 e. The number of carbonyl (C=O) groups is 2. The van der Waals surface area contributed by atoms with Crippen molar-refractivity contribution in [2.45, 2.75) is 65.3 Å². The molecule has 1 heterocycles. The van der Waals surface area contributed by atoms with Crippen LogP contribution in [0.4, 0.5) is 0 Å². The van der Waals surface area contributed by atoms with E-state index in [-0.39, 0.29) is 11.8 Å². The summed E-state index contributed by atoms with van der Waals surface area (Å²) in [4.78, 5) is 27.5. The van der Waals surface area contributed by atoms with Crippen LogP contribution in [0.15, 0.2) is 0 Å². The van der Waals surface area contributed by atoms with E-state index in [1.54, 1.807) is 11.8 Å². The standard InChI is InChI=1S/C15H28N2O2/c1-4-10-16(13(3)18)12-9-15(19)17-11-7-6-8-14(17)5-2/h14H,4-12H2,1-3H3. The number of hydrogen-bond acceptors (Lipinski definition) is 2. The largest absolute Gasteiger partial charge is 0.342 e. The van der Waals surface area contributed by atoms with Gasteiger partial charge in [0.05, 0.1) is 0 Å². The molecular weight excluding hydrogens is 240 g/mol. The molecule has 110 valence electrons. The molecule has 0 aromatic carbocycles. The van der Waals surface area contributed by atoms with Gasteiger partial charge >= 0.3 is 0 Å². The van der Waals surface area contributed by atoms with E-state index in [9.17, 15) is 9.59 Å². The van der Waals surface area contributed by atoms with E-state index in [2.05, 4.69) is 13.8 Å². The van der Waals surface area contributed by atoms with Crippen molar-refractivity contribution in [1.29, 1.82) is 0 Å². The Kier molecular flexibility index (Phi) is 6.89. The molecule has 1 saturated heterocycles. The Balaban J connectivity index is 2.46. The van der Waals surface area contributed by atoms with Gasteiger partial charge in [0.25, 0.3) is 0 Å². The molecule has 1 atom stereocenters. The second-order valence-corrected chi connectivity index (χ2v) is 5.40. The molecular formula is C15H28N2O2. The zero-order chi connectivity index (χ0) is 14.3. The smallest absolute Gasteiger partial charge is 0.224 e. The van der Waals surface area contributed by atoms with Crippen molar-refractivity contribution < 1.29 is 9.59 Å². The van der Waals surface area contributed by atoms with Gasteiger partial charge in [-0.15, -0.1) is 0 Å². The fourth-order valence-electron chi connectivity index (χ4n) is 2.82. The lowest BCUT2D eigenvalue weighted by Gasteiger charge is -2.35. The number of piperidine rings is 1. The highest BCUT2D eigenvalue weighted by Gasteiger charge is 2.25. The van der Waals surface area contributed by atoms with Crippen LogP contribution in [0.5, 0.6) is 0 Å². The second-order valence-electron chi connectivity index (χ2n) is 5.40. The molecule has 1 unspecified atom stereocenters. The van der Waals surface area contributed by atoms with Crippen molar-refractivity contribution in [2.24, 2.45) is 0 Å². The maximum atomic E-state index is 12.3. The fourth-order valence-corrected chi connectivity index (χ4v) is 2.82. The quantitative estimate of drug-likeness (QED) is 0.742. The molecule has 2 amide bonds. The number of nitrogens with zero attached hydrogens (tertiary/aromatic N) is 2. The van der Waals surface area contributed by atoms with Crippen molar-refractivity contribution >= 4 is 11.8 Å². The van der Waals surface area contributed by atoms with Crippen LogP contribution in [0.1, 0.15) is 59.3 Å². The average Bonchev–Trinajstić information content (AvgIpc) is 2.42. The third kappa shape index (κ3) is 4.84. The monoisotopic (exact) mass is 268 g/mol. The van der Waals surface area contributed by atoms with Crippen LogP contribution in [0.25, 0.3) is 0 Å². The zero-order valence-corrected chi connectivity index (χ0v) is 12.7. The minimum atomic E-state index is 0.0698. The number of rotatable bonds is 6. The van der Waals surface area contributed by atoms with E-state index in [4.69, 9.17) is 0 Å². The van der Waals surface area contributed by atoms with Gasteiger partial charge in [0, 0.05) is 39.0 Å². The highest BCUT2D eigenvalue weighted by molar-refractivity contribution is 5.78. The highest BCUT2D eigenvalue weighted by Crippen LogP contribution is 2.20. The number of hydrogen-bond donors (Lipinski definition) is 0. The highest BCUT2D eigenvalue weighted by atomic mass is 16.2. The summed E-state index contributed by atoms with van der Waals surface area (Å²) in [6, 6.07) is 0.415. The predicted molar refractivity (Wildman–Crippen MR) is 76.8 cm³/mol. The van der Waals surface area contributed by atoms with Gasteiger partial charge in [-0.3, -0.25) is 9.59 Å². The molecule has 0 spiro atoms. The van der Waals surface area contributed by atoms with Gasteiger partial charge in [0.1, 0.15) is 0 Å². The Labute approximate surface area is 117 Å². The summed E-state index contributed by atoms with van der Waals surface area (Å²) >= 11 is 0. The Hall–Kier alpha value is -1.06. The van der Waals surface area contributed by atoms with Crippen molar-refractivity contribution in [3.8, 4) is 0 Å². The van der Waals surface area contributed by atoms with E-state index in [0.29, 0.717) is 19.0 Å². The molecule has 1 aliphatic heterocycles. The number of carbonyl (C=O) groups excluding carboxylic acids is 2. The first kappa shape index (κ1) is 16.0. The van der Waals surface area contributed by atoms with Crippen LogP contribution >= 0.6 is 0 Å². The van der Waals surface area contributed by atoms with E-state index in [1.807, 2.05) is 4.90 Å². The van der Waals surface area contributed by atoms with E-state index in [1.165, 1.54) is 6.42 Å². The Morgan fingerprint density at radius 3 is 2.53 bits per heavy atom. The fraction of sp³-hybridized carbons (Fsp3) is 0.867. The van der Waals surface area contributed by atoms with Gasteiger partial charge in [-0.25, -0.2) is 0 Å². The summed E-state index contributed by atoms with van der Waals surface area (Å²) in [6.45, 7) is 7.99. The summed E-state index contributed by atoms with van der Waals surface area (Å²) in [5.74, 6) is 0.286. The normalized spacial score (nSPS) is 19.3. The molecule has 0 radical (unpaired) electrons. The molecule has 19 heavy (non-hydrogen) atoms. The van der Waals surface area contributed by atoms with Crippen LogP contribution in [0.2, 0.25) is 0 Å². The van der Waals surface area contributed by atoms with E-state index < -0.39 is 0 Å². The van der Waals surface area contributed by atoms with Crippen molar-refractivity contribution in [3.63, 3.8) is 0 Å². The minimum absolute atomic E-state index is 0.0698. The first-order chi connectivity index (χ1) is 9.10. The number of likely N-dealkylation sites (tertiary alicyclic amines) is 1. The van der Waals surface area contributed by atoms with Crippen LogP contribution < -0.4 is 0 Å². The van der Waals surface area contributed by atoms with Gasteiger partial charge in [0.2, 0.25) is 11.8 Å². The SMILES string of the molecule is CCCN(CCC(=O)N1CCCCC1CC)C(C)=O. The van der Waals surface area contributed by atoms with Gasteiger partial charge in [-0.2, -0.15) is 0 Å². The Bertz CT molecular complexity index is 305. The molecule has 0 aromatic rings. The second kappa shape index (κ2) is 8.18. The van der Waals surface area contributed by atoms with Gasteiger partial charge in [-0.05, 0) is 32.1 Å². The molecule has 4 heteroatoms. The maximum absolute atomic E-state index is 12.3. The summed E-state index contributed by atoms with van der Waals surface area (Å²) in [5.41, 5.74) is 0. The van der Waals surface area contributed by atoms with Crippen molar-refractivity contribution in [2.75, 3.05) is 19.6 Å². The lowest BCUT2D eigenvalue weighted by atomic mass is 9.99. The van der Waals surface area contributed by atoms with E-state index >= 15 is 0 Å². The molecule has 0 saturated carbocycles. The first-order valence-corrected chi connectivity index (χ1v) is 7.65. The third-order valence-electron chi connectivity index (χ3n) is 3.95. The van der Waals surface area contributed by atoms with Crippen LogP contribution in [-0.4, -0.2) is 47.3 Å². The van der Waals surface area contributed by atoms with Gasteiger partial charge in [0.15, 0.2) is 0 Å². The molecule has 1 fully saturated rings. The lowest BCUT2D eigenvalue weighted by Crippen LogP contribution is -2.44. The molecule has 0 aromatic heterocycles. The molecule has 0 bridgehead atoms. The molecule has 0 N–H and O–H groups in total. The summed E-state index contributed by atoms with van der Waals surface area (Å²) in [7, 11) is 0. The zero-order valence-electron chi connectivity index (χ0n) is 12.7. The first-order valence-electron chi connectivity index (χ1n) is 7.65. The maximum Gasteiger partial charge on any atom is 0.224 e. The van der Waals surface area contributed by atoms with Gasteiger partial charge < -0.3 is 9.80 Å². The van der Waals surface area contributed by atoms with Crippen molar-refractivity contribution in [3.05, 3.63) is 0 Å². The Morgan fingerprint density at radius 1 is 1.21 bits per heavy atom. The summed E-state index contributed by atoms with van der Waals surface area (Å²) < 4.78 is 0. The lowest BCUT2D eigenvalue weighted by molar-refractivity contribution is -0.136. The number of amides is 2. The van der Waals surface area contributed by atoms with Crippen LogP contribution in [-0.2, 0) is 9.59 Å². The van der Waals surface area contributed by atoms with Crippen molar-refractivity contribution in [1.82, 2.24) is 9.80 Å². The average molecular weight is 268 g/mol. The van der Waals surface area contributed by atoms with E-state index in [0.717, 1.165) is 38.8 Å². The van der Waals surface area contributed by atoms with Crippen LogP contribution in [0, 0.1) is 0 Å². The molecule has 4 nitrogen and oxygen atoms in total.